The molecular formula is C15H19ClN2O6S. The number of primary amides is 1. The van der Waals surface area contributed by atoms with Crippen molar-refractivity contribution in [2.24, 2.45) is 11.7 Å². The summed E-state index contributed by atoms with van der Waals surface area (Å²) >= 11 is 6.04. The van der Waals surface area contributed by atoms with Crippen LogP contribution in [0, 0.1) is 5.92 Å². The Labute approximate surface area is 150 Å². The number of nitrogens with two attached hydrogens (primary N) is 1. The zero-order chi connectivity index (χ0) is 18.6. The molecule has 0 spiro atoms. The average molecular weight is 391 g/mol. The number of halogens is 1. The van der Waals surface area contributed by atoms with Crippen LogP contribution in [0.25, 0.3) is 0 Å². The summed E-state index contributed by atoms with van der Waals surface area (Å²) in [5, 5.41) is 0.0667. The standard InChI is InChI=1S/C15H19ClN2O6S/c1-23-14(19)9-24-13-3-2-11(8-12(13)16)25(21,22)18-6-4-10(5-7-18)15(17)20/h2-3,8,10H,4-7,9H2,1H3,(H2,17,20). The van der Waals surface area contributed by atoms with Crippen molar-refractivity contribution >= 4 is 33.5 Å². The minimum absolute atomic E-state index is 0.0143. The number of piperidine rings is 1. The first-order chi connectivity index (χ1) is 11.8. The predicted octanol–water partition coefficient (Wildman–Crippen LogP) is 0.778. The van der Waals surface area contributed by atoms with Crippen molar-refractivity contribution < 1.29 is 27.5 Å². The number of hydrogen-bond acceptors (Lipinski definition) is 6. The molecule has 0 aromatic heterocycles. The van der Waals surface area contributed by atoms with E-state index in [4.69, 9.17) is 22.1 Å². The highest BCUT2D eigenvalue weighted by molar-refractivity contribution is 7.89. The first-order valence-corrected chi connectivity index (χ1v) is 9.36. The van der Waals surface area contributed by atoms with Gasteiger partial charge in [0.15, 0.2) is 6.61 Å². The quantitative estimate of drug-likeness (QED) is 0.717. The van der Waals surface area contributed by atoms with Gasteiger partial charge in [-0.2, -0.15) is 4.31 Å². The first kappa shape index (κ1) is 19.5. The Morgan fingerprint density at radius 2 is 1.96 bits per heavy atom. The number of amides is 1. The van der Waals surface area contributed by atoms with Gasteiger partial charge in [-0.05, 0) is 31.0 Å². The van der Waals surface area contributed by atoms with Gasteiger partial charge in [-0.3, -0.25) is 4.79 Å². The lowest BCUT2D eigenvalue weighted by Crippen LogP contribution is -2.41. The Hall–Kier alpha value is -1.84. The number of nitrogens with zero attached hydrogens (tertiary/aromatic N) is 1. The molecule has 10 heteroatoms. The van der Waals surface area contributed by atoms with Gasteiger partial charge in [0.2, 0.25) is 15.9 Å². The van der Waals surface area contributed by atoms with Crippen molar-refractivity contribution in [3.05, 3.63) is 23.2 Å². The number of benzene rings is 1. The second-order valence-corrected chi connectivity index (χ2v) is 7.88. The van der Waals surface area contributed by atoms with Crippen LogP contribution in [0.4, 0.5) is 0 Å². The van der Waals surface area contributed by atoms with Crippen LogP contribution in [-0.4, -0.2) is 51.4 Å². The Bertz CT molecular complexity index is 759. The largest absolute Gasteiger partial charge is 0.480 e. The number of carbonyl (C=O) groups is 2. The molecule has 2 N–H and O–H groups in total. The molecule has 0 aliphatic carbocycles. The van der Waals surface area contributed by atoms with Gasteiger partial charge in [0.05, 0.1) is 17.0 Å². The summed E-state index contributed by atoms with van der Waals surface area (Å²) in [4.78, 5) is 22.3. The molecule has 1 heterocycles. The van der Waals surface area contributed by atoms with E-state index in [9.17, 15) is 18.0 Å². The van der Waals surface area contributed by atoms with Crippen LogP contribution < -0.4 is 10.5 Å². The highest BCUT2D eigenvalue weighted by Gasteiger charge is 2.31. The summed E-state index contributed by atoms with van der Waals surface area (Å²) in [6.45, 7) is 0.102. The lowest BCUT2D eigenvalue weighted by molar-refractivity contribution is -0.142. The van der Waals surface area contributed by atoms with Crippen LogP contribution in [0.15, 0.2) is 23.1 Å². The molecule has 1 amide bonds. The van der Waals surface area contributed by atoms with Crippen molar-refractivity contribution in [1.82, 2.24) is 4.31 Å². The average Bonchev–Trinajstić information content (AvgIpc) is 2.60. The van der Waals surface area contributed by atoms with Crippen molar-refractivity contribution in [3.8, 4) is 5.75 Å². The van der Waals surface area contributed by atoms with E-state index in [0.717, 1.165) is 0 Å². The molecule has 2 rings (SSSR count). The lowest BCUT2D eigenvalue weighted by atomic mass is 9.98. The minimum atomic E-state index is -3.74. The SMILES string of the molecule is COC(=O)COc1ccc(S(=O)(=O)N2CCC(C(N)=O)CC2)cc1Cl. The summed E-state index contributed by atoms with van der Waals surface area (Å²) in [6.07, 6.45) is 0.783. The molecule has 0 radical (unpaired) electrons. The number of carbonyl (C=O) groups excluding carboxylic acids is 2. The van der Waals surface area contributed by atoms with E-state index in [1.807, 2.05) is 0 Å². The minimum Gasteiger partial charge on any atom is -0.480 e. The van der Waals surface area contributed by atoms with E-state index in [0.29, 0.717) is 12.8 Å². The summed E-state index contributed by atoms with van der Waals surface area (Å²) in [5.74, 6) is -1.11. The van der Waals surface area contributed by atoms with Gasteiger partial charge >= 0.3 is 5.97 Å². The van der Waals surface area contributed by atoms with Gasteiger partial charge < -0.3 is 15.2 Å². The molecule has 25 heavy (non-hydrogen) atoms. The fourth-order valence-electron chi connectivity index (χ4n) is 2.48. The third-order valence-corrected chi connectivity index (χ3v) is 6.16. The molecule has 0 bridgehead atoms. The smallest absolute Gasteiger partial charge is 0.343 e. The summed E-state index contributed by atoms with van der Waals surface area (Å²) in [5.41, 5.74) is 5.26. The van der Waals surface area contributed by atoms with E-state index in [1.54, 1.807) is 0 Å². The van der Waals surface area contributed by atoms with Gasteiger partial charge in [0, 0.05) is 19.0 Å². The number of methoxy groups -OCH3 is 1. The van der Waals surface area contributed by atoms with Crippen LogP contribution >= 0.6 is 11.6 Å². The molecule has 1 saturated heterocycles. The van der Waals surface area contributed by atoms with E-state index >= 15 is 0 Å². The molecule has 1 aliphatic rings. The van der Waals surface area contributed by atoms with Crippen molar-refractivity contribution in [2.75, 3.05) is 26.8 Å². The fraction of sp³-hybridized carbons (Fsp3) is 0.467. The van der Waals surface area contributed by atoms with Crippen molar-refractivity contribution in [1.29, 1.82) is 0 Å². The highest BCUT2D eigenvalue weighted by Crippen LogP contribution is 2.30. The molecule has 1 aromatic rings. The van der Waals surface area contributed by atoms with Gasteiger partial charge in [-0.25, -0.2) is 13.2 Å². The third kappa shape index (κ3) is 4.62. The van der Waals surface area contributed by atoms with Crippen LogP contribution in [-0.2, 0) is 24.3 Å². The molecular weight excluding hydrogens is 372 g/mol. The van der Waals surface area contributed by atoms with Crippen LogP contribution in [0.3, 0.4) is 0 Å². The summed E-state index contributed by atoms with van der Waals surface area (Å²) in [7, 11) is -2.51. The number of esters is 1. The fourth-order valence-corrected chi connectivity index (χ4v) is 4.28. The zero-order valence-corrected chi connectivity index (χ0v) is 15.2. The molecule has 0 unspecified atom stereocenters. The normalized spacial score (nSPS) is 16.4. The molecule has 1 fully saturated rings. The Morgan fingerprint density at radius 1 is 1.32 bits per heavy atom. The summed E-state index contributed by atoms with van der Waals surface area (Å²) in [6, 6.07) is 4.01. The number of rotatable bonds is 6. The Balaban J connectivity index is 2.11. The lowest BCUT2D eigenvalue weighted by Gasteiger charge is -2.29. The van der Waals surface area contributed by atoms with Crippen LogP contribution in [0.1, 0.15) is 12.8 Å². The molecule has 0 saturated carbocycles. The molecule has 1 aliphatic heterocycles. The Kier molecular flexibility index (Phi) is 6.26. The highest BCUT2D eigenvalue weighted by atomic mass is 35.5. The van der Waals surface area contributed by atoms with E-state index in [2.05, 4.69) is 4.74 Å². The van der Waals surface area contributed by atoms with Crippen molar-refractivity contribution in [3.63, 3.8) is 0 Å². The number of sulfonamides is 1. The molecule has 1 aromatic carbocycles. The maximum Gasteiger partial charge on any atom is 0.343 e. The van der Waals surface area contributed by atoms with Gasteiger partial charge in [0.1, 0.15) is 5.75 Å². The summed E-state index contributed by atoms with van der Waals surface area (Å²) < 4.78 is 36.3. The van der Waals surface area contributed by atoms with E-state index in [-0.39, 0.29) is 41.3 Å². The maximum absolute atomic E-state index is 12.7. The Morgan fingerprint density at radius 3 is 2.48 bits per heavy atom. The topological polar surface area (TPSA) is 116 Å². The van der Waals surface area contributed by atoms with E-state index < -0.39 is 21.9 Å². The van der Waals surface area contributed by atoms with E-state index in [1.165, 1.54) is 29.6 Å². The third-order valence-electron chi connectivity index (χ3n) is 3.97. The number of hydrogen-bond donors (Lipinski definition) is 1. The van der Waals surface area contributed by atoms with Crippen molar-refractivity contribution in [2.45, 2.75) is 17.7 Å². The predicted molar refractivity (Wildman–Crippen MR) is 89.6 cm³/mol. The zero-order valence-electron chi connectivity index (χ0n) is 13.6. The second-order valence-electron chi connectivity index (χ2n) is 5.54. The molecule has 8 nitrogen and oxygen atoms in total. The van der Waals surface area contributed by atoms with Crippen LogP contribution in [0.2, 0.25) is 5.02 Å². The van der Waals surface area contributed by atoms with Gasteiger partial charge in [-0.1, -0.05) is 11.6 Å². The first-order valence-electron chi connectivity index (χ1n) is 7.54. The second kappa shape index (κ2) is 8.03. The number of ether oxygens (including phenoxy) is 2. The van der Waals surface area contributed by atoms with Gasteiger partial charge in [-0.15, -0.1) is 0 Å². The van der Waals surface area contributed by atoms with Crippen LogP contribution in [0.5, 0.6) is 5.75 Å². The molecule has 0 atom stereocenters. The maximum atomic E-state index is 12.7. The monoisotopic (exact) mass is 390 g/mol. The molecule has 138 valence electrons. The van der Waals surface area contributed by atoms with Gasteiger partial charge in [0.25, 0.3) is 0 Å².